The fourth-order valence-corrected chi connectivity index (χ4v) is 5.18. The highest BCUT2D eigenvalue weighted by Gasteiger charge is 2.18. The van der Waals surface area contributed by atoms with Crippen LogP contribution in [0.5, 0.6) is 0 Å². The topological polar surface area (TPSA) is 58.6 Å². The highest BCUT2D eigenvalue weighted by atomic mass is 32.2. The number of thiophene rings is 1. The first-order chi connectivity index (χ1) is 13.0. The van der Waals surface area contributed by atoms with Gasteiger partial charge in [-0.3, -0.25) is 4.79 Å². The molecule has 0 aliphatic rings. The third kappa shape index (κ3) is 3.28. The molecule has 0 saturated carbocycles. The number of benzene rings is 1. The number of aromatic nitrogens is 3. The van der Waals surface area contributed by atoms with E-state index in [9.17, 15) is 4.79 Å². The van der Waals surface area contributed by atoms with Gasteiger partial charge >= 0.3 is 0 Å². The first-order valence-corrected chi connectivity index (χ1v) is 10.8. The lowest BCUT2D eigenvalue weighted by Crippen LogP contribution is -2.04. The molecule has 0 aliphatic heterocycles. The van der Waals surface area contributed by atoms with Gasteiger partial charge in [-0.25, -0.2) is 9.97 Å². The predicted molar refractivity (Wildman–Crippen MR) is 114 cm³/mol. The second-order valence-corrected chi connectivity index (χ2v) is 9.13. The van der Waals surface area contributed by atoms with Crippen molar-refractivity contribution in [1.29, 1.82) is 0 Å². The van der Waals surface area contributed by atoms with E-state index in [2.05, 4.69) is 32.7 Å². The fourth-order valence-electron chi connectivity index (χ4n) is 3.11. The van der Waals surface area contributed by atoms with Crippen molar-refractivity contribution in [1.82, 2.24) is 15.0 Å². The van der Waals surface area contributed by atoms with Crippen LogP contribution in [0, 0.1) is 13.8 Å². The Morgan fingerprint density at radius 3 is 2.78 bits per heavy atom. The van der Waals surface area contributed by atoms with Crippen LogP contribution in [0.1, 0.15) is 46.4 Å². The molecular weight excluding hydrogens is 374 g/mol. The van der Waals surface area contributed by atoms with Crippen molar-refractivity contribution in [3.63, 3.8) is 0 Å². The number of carbonyl (C=O) groups excluding carboxylic acids is 1. The molecule has 0 unspecified atom stereocenters. The number of hydrogen-bond acceptors (Lipinski definition) is 5. The Labute approximate surface area is 166 Å². The number of Topliss-reactive ketones (excluding diaryl/α,β-unsaturated/α-hetero) is 1. The summed E-state index contributed by atoms with van der Waals surface area (Å²) in [5.41, 5.74) is 2.94. The lowest BCUT2D eigenvalue weighted by atomic mass is 10.1. The Kier molecular flexibility index (Phi) is 4.78. The van der Waals surface area contributed by atoms with E-state index in [4.69, 9.17) is 9.97 Å². The van der Waals surface area contributed by atoms with E-state index < -0.39 is 0 Å². The number of carbonyl (C=O) groups is 1. The third-order valence-electron chi connectivity index (χ3n) is 4.76. The number of H-pyrrole nitrogens is 1. The maximum absolute atomic E-state index is 12.9. The van der Waals surface area contributed by atoms with Crippen molar-refractivity contribution < 1.29 is 4.79 Å². The summed E-state index contributed by atoms with van der Waals surface area (Å²) in [6.07, 6.45) is 1.81. The summed E-state index contributed by atoms with van der Waals surface area (Å²) in [6.45, 7) is 8.42. The van der Waals surface area contributed by atoms with E-state index in [1.807, 2.05) is 30.5 Å². The Morgan fingerprint density at radius 1 is 1.22 bits per heavy atom. The molecule has 4 nitrogen and oxygen atoms in total. The predicted octanol–water partition coefficient (Wildman–Crippen LogP) is 5.89. The lowest BCUT2D eigenvalue weighted by Gasteiger charge is -2.08. The van der Waals surface area contributed by atoms with E-state index in [0.717, 1.165) is 37.5 Å². The van der Waals surface area contributed by atoms with E-state index >= 15 is 0 Å². The van der Waals surface area contributed by atoms with Crippen molar-refractivity contribution in [2.75, 3.05) is 5.75 Å². The Balaban J connectivity index is 1.68. The van der Waals surface area contributed by atoms with E-state index in [1.54, 1.807) is 11.3 Å². The zero-order chi connectivity index (χ0) is 19.1. The van der Waals surface area contributed by atoms with Gasteiger partial charge in [0.2, 0.25) is 0 Å². The summed E-state index contributed by atoms with van der Waals surface area (Å²) in [5.74, 6) is 1.56. The molecule has 3 aromatic heterocycles. The van der Waals surface area contributed by atoms with Crippen LogP contribution in [-0.4, -0.2) is 26.5 Å². The second kappa shape index (κ2) is 7.09. The third-order valence-corrected chi connectivity index (χ3v) is 6.84. The molecule has 0 fully saturated rings. The summed E-state index contributed by atoms with van der Waals surface area (Å²) in [4.78, 5) is 27.8. The molecule has 0 spiro atoms. The van der Waals surface area contributed by atoms with E-state index in [-0.39, 0.29) is 11.7 Å². The minimum Gasteiger partial charge on any atom is -0.360 e. The highest BCUT2D eigenvalue weighted by molar-refractivity contribution is 8.00. The van der Waals surface area contributed by atoms with Gasteiger partial charge < -0.3 is 4.98 Å². The number of hydrogen-bond donors (Lipinski definition) is 1. The van der Waals surface area contributed by atoms with Crippen LogP contribution in [0.15, 0.2) is 35.5 Å². The molecule has 1 N–H and O–H groups in total. The van der Waals surface area contributed by atoms with Gasteiger partial charge in [0.15, 0.2) is 5.78 Å². The molecule has 6 heteroatoms. The number of nitrogens with zero attached hydrogens (tertiary/aromatic N) is 2. The monoisotopic (exact) mass is 395 g/mol. The van der Waals surface area contributed by atoms with Crippen molar-refractivity contribution >= 4 is 50.0 Å². The minimum atomic E-state index is 0.111. The molecule has 0 saturated heterocycles. The van der Waals surface area contributed by atoms with Crippen LogP contribution in [0.25, 0.3) is 21.1 Å². The van der Waals surface area contributed by atoms with Gasteiger partial charge in [-0.2, -0.15) is 0 Å². The zero-order valence-electron chi connectivity index (χ0n) is 15.8. The standard InChI is InChI=1S/C21H21N3OS2/c1-11(2)19-23-20(18-12(3)13(4)27-21(18)24-19)26-10-17(25)15-9-22-16-8-6-5-7-14(15)16/h5-9,11,22H,10H2,1-4H3. The molecule has 4 aromatic rings. The maximum Gasteiger partial charge on any atom is 0.175 e. The van der Waals surface area contributed by atoms with E-state index in [0.29, 0.717) is 5.75 Å². The van der Waals surface area contributed by atoms with Crippen LogP contribution < -0.4 is 0 Å². The average molecular weight is 396 g/mol. The number of rotatable bonds is 5. The van der Waals surface area contributed by atoms with Gasteiger partial charge in [0, 0.05) is 38.8 Å². The average Bonchev–Trinajstić information content (AvgIpc) is 3.20. The van der Waals surface area contributed by atoms with Gasteiger partial charge in [-0.15, -0.1) is 11.3 Å². The summed E-state index contributed by atoms with van der Waals surface area (Å²) < 4.78 is 0. The number of ketones is 1. The normalized spacial score (nSPS) is 11.7. The quantitative estimate of drug-likeness (QED) is 0.260. The summed E-state index contributed by atoms with van der Waals surface area (Å²) in [6, 6.07) is 7.89. The molecule has 4 rings (SSSR count). The van der Waals surface area contributed by atoms with Crippen molar-refractivity contribution in [2.45, 2.75) is 38.6 Å². The number of aromatic amines is 1. The first kappa shape index (κ1) is 18.2. The van der Waals surface area contributed by atoms with Gasteiger partial charge in [-0.1, -0.05) is 43.8 Å². The molecule has 27 heavy (non-hydrogen) atoms. The largest absolute Gasteiger partial charge is 0.360 e. The Morgan fingerprint density at radius 2 is 2.00 bits per heavy atom. The van der Waals surface area contributed by atoms with E-state index in [1.165, 1.54) is 22.2 Å². The number of thioether (sulfide) groups is 1. The Hall–Kier alpha value is -2.18. The van der Waals surface area contributed by atoms with Crippen LogP contribution in [0.3, 0.4) is 0 Å². The van der Waals surface area contributed by atoms with Gasteiger partial charge in [0.05, 0.1) is 5.75 Å². The van der Waals surface area contributed by atoms with Crippen molar-refractivity contribution in [2.24, 2.45) is 0 Å². The minimum absolute atomic E-state index is 0.111. The summed E-state index contributed by atoms with van der Waals surface area (Å²) in [5, 5.41) is 2.98. The first-order valence-electron chi connectivity index (χ1n) is 8.95. The highest BCUT2D eigenvalue weighted by Crippen LogP contribution is 2.36. The molecule has 0 bridgehead atoms. The lowest BCUT2D eigenvalue weighted by molar-refractivity contribution is 0.102. The fraction of sp³-hybridized carbons (Fsp3) is 0.286. The van der Waals surface area contributed by atoms with Crippen LogP contribution in [-0.2, 0) is 0 Å². The van der Waals surface area contributed by atoms with Crippen LogP contribution >= 0.6 is 23.1 Å². The summed E-state index contributed by atoms with van der Waals surface area (Å²) in [7, 11) is 0. The number of nitrogens with one attached hydrogen (secondary N) is 1. The molecule has 0 aliphatic carbocycles. The summed E-state index contributed by atoms with van der Waals surface area (Å²) >= 11 is 3.22. The van der Waals surface area contributed by atoms with Crippen molar-refractivity contribution in [3.05, 3.63) is 52.3 Å². The van der Waals surface area contributed by atoms with Crippen LogP contribution in [0.4, 0.5) is 0 Å². The van der Waals surface area contributed by atoms with Crippen LogP contribution in [0.2, 0.25) is 0 Å². The number of aryl methyl sites for hydroxylation is 2. The van der Waals surface area contributed by atoms with Gasteiger partial charge in [0.1, 0.15) is 15.7 Å². The maximum atomic E-state index is 12.9. The Bertz CT molecular complexity index is 1160. The molecule has 0 amide bonds. The molecule has 0 atom stereocenters. The molecule has 138 valence electrons. The van der Waals surface area contributed by atoms with Gasteiger partial charge in [-0.05, 0) is 25.5 Å². The second-order valence-electron chi connectivity index (χ2n) is 6.96. The number of para-hydroxylation sites is 1. The SMILES string of the molecule is Cc1sc2nc(C(C)C)nc(SCC(=O)c3c[nH]c4ccccc34)c2c1C. The molecular formula is C21H21N3OS2. The molecule has 3 heterocycles. The van der Waals surface area contributed by atoms with Crippen molar-refractivity contribution in [3.8, 4) is 0 Å². The van der Waals surface area contributed by atoms with Gasteiger partial charge in [0.25, 0.3) is 0 Å². The number of fused-ring (bicyclic) bond motifs is 2. The molecule has 1 aromatic carbocycles. The smallest absolute Gasteiger partial charge is 0.175 e. The zero-order valence-corrected chi connectivity index (χ0v) is 17.4. The molecule has 0 radical (unpaired) electrons.